The van der Waals surface area contributed by atoms with Crippen molar-refractivity contribution >= 4 is 11.4 Å². The van der Waals surface area contributed by atoms with Gasteiger partial charge in [-0.3, -0.25) is 5.43 Å². The van der Waals surface area contributed by atoms with Crippen LogP contribution < -0.4 is 10.9 Å². The Balaban J connectivity index is 1.60. The van der Waals surface area contributed by atoms with Crippen molar-refractivity contribution in [1.82, 2.24) is 20.6 Å². The molecule has 160 valence electrons. The van der Waals surface area contributed by atoms with Crippen molar-refractivity contribution < 1.29 is 0 Å². The lowest BCUT2D eigenvalue weighted by atomic mass is 9.99. The average molecular weight is 421 g/mol. The molecule has 2 N–H and O–H groups in total. The minimum atomic E-state index is 0.699. The summed E-state index contributed by atoms with van der Waals surface area (Å²) < 4.78 is 1.91. The highest BCUT2D eigenvalue weighted by Crippen LogP contribution is 2.25. The van der Waals surface area contributed by atoms with E-state index in [1.165, 1.54) is 16.7 Å². The van der Waals surface area contributed by atoms with Crippen molar-refractivity contribution in [3.63, 3.8) is 0 Å². The minimum absolute atomic E-state index is 0.699. The fourth-order valence-electron chi connectivity index (χ4n) is 3.61. The molecule has 1 heterocycles. The molecule has 0 unspecified atom stereocenters. The molecule has 0 fully saturated rings. The van der Waals surface area contributed by atoms with Gasteiger partial charge in [0.05, 0.1) is 28.5 Å². The van der Waals surface area contributed by atoms with E-state index >= 15 is 0 Å². The molecule has 0 saturated heterocycles. The lowest BCUT2D eigenvalue weighted by Crippen LogP contribution is -2.29. The van der Waals surface area contributed by atoms with Crippen LogP contribution in [0.25, 0.3) is 28.3 Å². The van der Waals surface area contributed by atoms with Crippen molar-refractivity contribution in [2.24, 2.45) is 0 Å². The van der Waals surface area contributed by atoms with Gasteiger partial charge in [0, 0.05) is 5.56 Å². The molecule has 4 nitrogen and oxygen atoms in total. The first-order valence-electron chi connectivity index (χ1n) is 10.6. The van der Waals surface area contributed by atoms with Gasteiger partial charge in [-0.15, -0.1) is 0 Å². The van der Waals surface area contributed by atoms with Crippen molar-refractivity contribution in [1.29, 1.82) is 0 Å². The molecule has 0 aliphatic carbocycles. The first-order chi connectivity index (χ1) is 15.4. The zero-order valence-electron chi connectivity index (χ0n) is 18.8. The van der Waals surface area contributed by atoms with Gasteiger partial charge in [-0.1, -0.05) is 61.7 Å². The van der Waals surface area contributed by atoms with E-state index in [4.69, 9.17) is 5.10 Å². The number of hydrogen-bond donors (Lipinski definition) is 2. The molecule has 4 aromatic rings. The second kappa shape index (κ2) is 8.98. The standard InChI is InChI=1S/C28H28N4/c1-19-16-25(17-20(2)21(19)3)22(4)29-30-23(5)28-18-27(24-12-8-6-9-13-24)31-32(28)26-14-10-7-11-15-26/h6-18,29-30H,4-5H2,1-3H3. The van der Waals surface area contributed by atoms with E-state index in [2.05, 4.69) is 69.0 Å². The third-order valence-corrected chi connectivity index (χ3v) is 5.73. The van der Waals surface area contributed by atoms with Gasteiger partial charge in [0.25, 0.3) is 0 Å². The van der Waals surface area contributed by atoms with Crippen LogP contribution in [0.3, 0.4) is 0 Å². The number of aryl methyl sites for hydroxylation is 2. The Labute approximate surface area is 189 Å². The maximum absolute atomic E-state index is 4.86. The molecule has 0 atom stereocenters. The summed E-state index contributed by atoms with van der Waals surface area (Å²) in [6.07, 6.45) is 0. The molecular weight excluding hydrogens is 392 g/mol. The predicted octanol–water partition coefficient (Wildman–Crippen LogP) is 6.20. The fraction of sp³-hybridized carbons (Fsp3) is 0.107. The number of nitrogens with one attached hydrogen (secondary N) is 2. The molecule has 0 aliphatic rings. The SMILES string of the molecule is C=C(NNC(=C)c1cc(-c2ccccc2)nn1-c1ccccc1)c1cc(C)c(C)c(C)c1. The van der Waals surface area contributed by atoms with Crippen molar-refractivity contribution in [2.45, 2.75) is 20.8 Å². The zero-order chi connectivity index (χ0) is 22.7. The lowest BCUT2D eigenvalue weighted by molar-refractivity contribution is 0.791. The minimum Gasteiger partial charge on any atom is -0.301 e. The molecule has 0 radical (unpaired) electrons. The number of para-hydroxylation sites is 1. The average Bonchev–Trinajstić information content (AvgIpc) is 3.27. The summed E-state index contributed by atoms with van der Waals surface area (Å²) in [6, 6.07) is 26.5. The number of benzene rings is 3. The summed E-state index contributed by atoms with van der Waals surface area (Å²) in [4.78, 5) is 0. The van der Waals surface area contributed by atoms with Gasteiger partial charge in [0.2, 0.25) is 0 Å². The molecule has 0 bridgehead atoms. The summed E-state index contributed by atoms with van der Waals surface area (Å²) in [6.45, 7) is 14.8. The number of nitrogens with zero attached hydrogens (tertiary/aromatic N) is 2. The van der Waals surface area contributed by atoms with Crippen LogP contribution >= 0.6 is 0 Å². The lowest BCUT2D eigenvalue weighted by Gasteiger charge is -2.17. The van der Waals surface area contributed by atoms with Crippen molar-refractivity contribution in [3.05, 3.63) is 120 Å². The van der Waals surface area contributed by atoms with Gasteiger partial charge in [-0.2, -0.15) is 5.10 Å². The van der Waals surface area contributed by atoms with E-state index in [0.717, 1.165) is 33.9 Å². The Kier molecular flexibility index (Phi) is 5.95. The molecular formula is C28H28N4. The van der Waals surface area contributed by atoms with Gasteiger partial charge in [0.1, 0.15) is 0 Å². The molecule has 1 aromatic heterocycles. The van der Waals surface area contributed by atoms with Gasteiger partial charge in [-0.25, -0.2) is 4.68 Å². The van der Waals surface area contributed by atoms with E-state index in [1.54, 1.807) is 0 Å². The smallest absolute Gasteiger partial charge is 0.0934 e. The summed E-state index contributed by atoms with van der Waals surface area (Å²) in [7, 11) is 0. The molecule has 32 heavy (non-hydrogen) atoms. The molecule has 0 amide bonds. The first-order valence-corrected chi connectivity index (χ1v) is 10.6. The van der Waals surface area contributed by atoms with E-state index in [1.807, 2.05) is 59.3 Å². The van der Waals surface area contributed by atoms with Crippen molar-refractivity contribution in [3.8, 4) is 16.9 Å². The van der Waals surface area contributed by atoms with Gasteiger partial charge >= 0.3 is 0 Å². The van der Waals surface area contributed by atoms with Crippen LogP contribution in [0, 0.1) is 20.8 Å². The highest BCUT2D eigenvalue weighted by molar-refractivity contribution is 5.70. The Bertz CT molecular complexity index is 1240. The molecule has 4 heteroatoms. The Morgan fingerprint density at radius 2 is 1.31 bits per heavy atom. The topological polar surface area (TPSA) is 41.9 Å². The molecule has 0 saturated carbocycles. The highest BCUT2D eigenvalue weighted by Gasteiger charge is 2.14. The monoisotopic (exact) mass is 420 g/mol. The van der Waals surface area contributed by atoms with E-state index < -0.39 is 0 Å². The molecule has 0 spiro atoms. The Morgan fingerprint density at radius 1 is 0.750 bits per heavy atom. The maximum Gasteiger partial charge on any atom is 0.0934 e. The second-order valence-corrected chi connectivity index (χ2v) is 7.97. The fourth-order valence-corrected chi connectivity index (χ4v) is 3.61. The van der Waals surface area contributed by atoms with Crippen LogP contribution in [0.15, 0.2) is 92.0 Å². The summed E-state index contributed by atoms with van der Waals surface area (Å²) in [5.41, 5.74) is 16.5. The third-order valence-electron chi connectivity index (χ3n) is 5.73. The Morgan fingerprint density at radius 3 is 1.94 bits per heavy atom. The van der Waals surface area contributed by atoms with E-state index in [-0.39, 0.29) is 0 Å². The summed E-state index contributed by atoms with van der Waals surface area (Å²) in [5.74, 6) is 0. The Hall–Kier alpha value is -4.05. The van der Waals surface area contributed by atoms with Crippen molar-refractivity contribution in [2.75, 3.05) is 0 Å². The predicted molar refractivity (Wildman–Crippen MR) is 134 cm³/mol. The van der Waals surface area contributed by atoms with Crippen LogP contribution in [0.2, 0.25) is 0 Å². The van der Waals surface area contributed by atoms with Crippen LogP contribution in [0.5, 0.6) is 0 Å². The van der Waals surface area contributed by atoms with Gasteiger partial charge < -0.3 is 5.43 Å². The van der Waals surface area contributed by atoms with Crippen LogP contribution in [-0.2, 0) is 0 Å². The molecule has 4 rings (SSSR count). The number of hydrazine groups is 1. The summed E-state index contributed by atoms with van der Waals surface area (Å²) >= 11 is 0. The van der Waals surface area contributed by atoms with Crippen LogP contribution in [0.1, 0.15) is 27.9 Å². The van der Waals surface area contributed by atoms with Crippen LogP contribution in [-0.4, -0.2) is 9.78 Å². The summed E-state index contributed by atoms with van der Waals surface area (Å²) in [5, 5.41) is 4.86. The number of rotatable bonds is 7. The largest absolute Gasteiger partial charge is 0.301 e. The highest BCUT2D eigenvalue weighted by atomic mass is 15.4. The maximum atomic E-state index is 4.86. The quantitative estimate of drug-likeness (QED) is 0.350. The molecule has 0 aliphatic heterocycles. The first kappa shape index (κ1) is 21.2. The molecule has 3 aromatic carbocycles. The zero-order valence-corrected chi connectivity index (χ0v) is 18.8. The third kappa shape index (κ3) is 4.35. The normalized spacial score (nSPS) is 10.6. The number of hydrogen-bond acceptors (Lipinski definition) is 3. The second-order valence-electron chi connectivity index (χ2n) is 7.97. The van der Waals surface area contributed by atoms with E-state index in [9.17, 15) is 0 Å². The van der Waals surface area contributed by atoms with Gasteiger partial charge in [-0.05, 0) is 73.4 Å². The van der Waals surface area contributed by atoms with Crippen LogP contribution in [0.4, 0.5) is 0 Å². The number of aromatic nitrogens is 2. The van der Waals surface area contributed by atoms with Gasteiger partial charge in [0.15, 0.2) is 0 Å². The van der Waals surface area contributed by atoms with E-state index in [0.29, 0.717) is 5.70 Å².